The summed E-state index contributed by atoms with van der Waals surface area (Å²) in [6.45, 7) is 7.52. The molecular weight excluding hydrogens is 595 g/mol. The maximum atomic E-state index is 9.62. The van der Waals surface area contributed by atoms with Crippen LogP contribution >= 0.6 is 22.6 Å². The van der Waals surface area contributed by atoms with Crippen molar-refractivity contribution in [2.45, 2.75) is 67.7 Å². The molecule has 3 rings (SSSR count). The van der Waals surface area contributed by atoms with Crippen LogP contribution in [-0.4, -0.2) is 27.6 Å². The van der Waals surface area contributed by atoms with Crippen LogP contribution in [0.2, 0.25) is 0 Å². The van der Waals surface area contributed by atoms with Gasteiger partial charge in [-0.3, -0.25) is 0 Å². The molecule has 0 aliphatic carbocycles. The van der Waals surface area contributed by atoms with Crippen molar-refractivity contribution in [1.29, 1.82) is 10.5 Å². The van der Waals surface area contributed by atoms with E-state index < -0.39 is 11.2 Å². The molecule has 204 valence electrons. The molecule has 0 aliphatic rings. The molecule has 0 aromatic heterocycles. The quantitative estimate of drug-likeness (QED) is 0.301. The standard InChI is InChI=1S/C10H15NO.C10H11NO.C7H4IN.3CH4.Al.Li.4H/c2*1-10(2,12)9-5-3-8(7-11)4-6-9;8-7-3-1-6(5-9)2-4-7;;;;;;;;;/h3-6,12H,7,11H2,1-2H3;3-6,12H,1-2H3;1-4H;3*1H4;;;;;;/q;;;;;;;+1;;;;-1. The Balaban J connectivity index is -0.0000000981. The molecule has 3 aromatic carbocycles. The molecule has 0 saturated heterocycles. The molecule has 0 aliphatic heterocycles. The van der Waals surface area contributed by atoms with Gasteiger partial charge in [0.2, 0.25) is 0 Å². The maximum Gasteiger partial charge on any atom is 1.00 e. The minimum Gasteiger partial charge on any atom is -1.00 e. The fraction of sp³-hybridized carbons (Fsp3) is 0.333. The van der Waals surface area contributed by atoms with Gasteiger partial charge in [-0.25, -0.2) is 0 Å². The van der Waals surface area contributed by atoms with Crippen molar-refractivity contribution in [3.05, 3.63) is 104 Å². The first-order valence-corrected chi connectivity index (χ1v) is 11.4. The molecule has 8 heteroatoms. The van der Waals surface area contributed by atoms with Crippen LogP contribution in [0.15, 0.2) is 72.8 Å². The molecular formula is C30H46AlILiN3O2. The summed E-state index contributed by atoms with van der Waals surface area (Å²) in [5, 5.41) is 36.1. The van der Waals surface area contributed by atoms with Gasteiger partial charge in [-0.15, -0.1) is 0 Å². The summed E-state index contributed by atoms with van der Waals surface area (Å²) < 4.78 is 1.16. The zero-order valence-corrected chi connectivity index (χ0v) is 22.5. The third kappa shape index (κ3) is 17.8. The average Bonchev–Trinajstić information content (AvgIpc) is 2.79. The SMILES string of the molecule is C.C.C.CC(C)(O)c1ccc(C#N)cc1.CC(C)(O)c1ccc(CN)cc1.N#Cc1ccc(I)cc1.[AlH3].[H-].[Li+]. The van der Waals surface area contributed by atoms with Crippen LogP contribution in [0.3, 0.4) is 0 Å². The third-order valence-electron chi connectivity index (χ3n) is 4.59. The number of hydrogen-bond donors (Lipinski definition) is 3. The molecule has 0 spiro atoms. The van der Waals surface area contributed by atoms with Gasteiger partial charge in [0.15, 0.2) is 17.4 Å². The Morgan fingerprint density at radius 2 is 1.00 bits per heavy atom. The number of nitrogens with two attached hydrogens (primary N) is 1. The maximum absolute atomic E-state index is 9.62. The van der Waals surface area contributed by atoms with E-state index in [0.717, 1.165) is 25.8 Å². The zero-order chi connectivity index (χ0) is 25.1. The number of benzene rings is 3. The van der Waals surface area contributed by atoms with Crippen molar-refractivity contribution in [1.82, 2.24) is 0 Å². The van der Waals surface area contributed by atoms with Gasteiger partial charge in [0.1, 0.15) is 0 Å². The molecule has 0 bridgehead atoms. The first-order chi connectivity index (χ1) is 15.4. The molecule has 0 atom stereocenters. The Morgan fingerprint density at radius 3 is 1.26 bits per heavy atom. The number of rotatable bonds is 3. The normalized spacial score (nSPS) is 9.11. The van der Waals surface area contributed by atoms with Crippen LogP contribution in [-0.2, 0) is 17.7 Å². The minimum absolute atomic E-state index is 0. The first kappa shape index (κ1) is 46.2. The van der Waals surface area contributed by atoms with Gasteiger partial charge in [0.25, 0.3) is 0 Å². The Hall–Kier alpha value is -1.62. The van der Waals surface area contributed by atoms with Crippen molar-refractivity contribution in [3.63, 3.8) is 0 Å². The van der Waals surface area contributed by atoms with Gasteiger partial charge in [0, 0.05) is 10.1 Å². The van der Waals surface area contributed by atoms with E-state index in [0.29, 0.717) is 12.1 Å². The molecule has 0 heterocycles. The van der Waals surface area contributed by atoms with E-state index in [4.69, 9.17) is 16.3 Å². The molecule has 38 heavy (non-hydrogen) atoms. The van der Waals surface area contributed by atoms with Gasteiger partial charge >= 0.3 is 18.9 Å². The van der Waals surface area contributed by atoms with E-state index >= 15 is 0 Å². The zero-order valence-electron chi connectivity index (χ0n) is 21.4. The summed E-state index contributed by atoms with van der Waals surface area (Å²) in [6.07, 6.45) is 0. The summed E-state index contributed by atoms with van der Waals surface area (Å²) in [4.78, 5) is 0. The fourth-order valence-electron chi connectivity index (χ4n) is 2.53. The minimum atomic E-state index is -0.825. The van der Waals surface area contributed by atoms with E-state index in [2.05, 4.69) is 28.7 Å². The Kier molecular flexibility index (Phi) is 27.0. The monoisotopic (exact) mass is 641 g/mol. The summed E-state index contributed by atoms with van der Waals surface area (Å²) in [6, 6.07) is 26.1. The summed E-state index contributed by atoms with van der Waals surface area (Å²) in [5.74, 6) is 0. The van der Waals surface area contributed by atoms with Gasteiger partial charge in [-0.05, 0) is 103 Å². The second-order valence-electron chi connectivity index (χ2n) is 8.33. The van der Waals surface area contributed by atoms with Crippen molar-refractivity contribution in [3.8, 4) is 12.1 Å². The Morgan fingerprint density at radius 1 is 0.711 bits per heavy atom. The average molecular weight is 642 g/mol. The fourth-order valence-corrected chi connectivity index (χ4v) is 2.89. The van der Waals surface area contributed by atoms with Crippen LogP contribution in [0, 0.1) is 26.2 Å². The third-order valence-corrected chi connectivity index (χ3v) is 5.31. The molecule has 3 aromatic rings. The number of hydrogen-bond acceptors (Lipinski definition) is 5. The van der Waals surface area contributed by atoms with Crippen molar-refractivity contribution < 1.29 is 30.5 Å². The van der Waals surface area contributed by atoms with Gasteiger partial charge in [0.05, 0.1) is 34.5 Å². The van der Waals surface area contributed by atoms with Crippen LogP contribution < -0.4 is 24.6 Å². The van der Waals surface area contributed by atoms with E-state index in [1.54, 1.807) is 52.0 Å². The molecule has 0 amide bonds. The van der Waals surface area contributed by atoms with E-state index in [-0.39, 0.29) is 59.9 Å². The smallest absolute Gasteiger partial charge is 1.00 e. The summed E-state index contributed by atoms with van der Waals surface area (Å²) in [7, 11) is 0. The van der Waals surface area contributed by atoms with Gasteiger partial charge < -0.3 is 17.4 Å². The topological polar surface area (TPSA) is 114 Å². The molecule has 0 saturated carbocycles. The van der Waals surface area contributed by atoms with Gasteiger partial charge in [-0.2, -0.15) is 10.5 Å². The molecule has 0 unspecified atom stereocenters. The molecule has 0 radical (unpaired) electrons. The van der Waals surface area contributed by atoms with Gasteiger partial charge in [-0.1, -0.05) is 58.7 Å². The largest absolute Gasteiger partial charge is 1.00 e. The van der Waals surface area contributed by atoms with E-state index in [1.165, 1.54) is 0 Å². The van der Waals surface area contributed by atoms with E-state index in [1.807, 2.05) is 54.6 Å². The van der Waals surface area contributed by atoms with Crippen molar-refractivity contribution in [2.24, 2.45) is 5.73 Å². The Bertz CT molecular complexity index is 1090. The van der Waals surface area contributed by atoms with Crippen molar-refractivity contribution >= 4 is 40.0 Å². The van der Waals surface area contributed by atoms with Crippen LogP contribution in [0.4, 0.5) is 0 Å². The number of nitriles is 2. The van der Waals surface area contributed by atoms with Crippen LogP contribution in [0.1, 0.15) is 79.2 Å². The van der Waals surface area contributed by atoms with E-state index in [9.17, 15) is 10.2 Å². The predicted molar refractivity (Wildman–Crippen MR) is 171 cm³/mol. The second-order valence-corrected chi connectivity index (χ2v) is 9.57. The summed E-state index contributed by atoms with van der Waals surface area (Å²) >= 11 is 2.20. The first-order valence-electron chi connectivity index (χ1n) is 10.3. The molecule has 5 nitrogen and oxygen atoms in total. The second kappa shape index (κ2) is 22.2. The number of nitrogens with zero attached hydrogens (tertiary/aromatic N) is 2. The summed E-state index contributed by atoms with van der Waals surface area (Å²) in [5.41, 5.74) is 8.02. The molecule has 0 fully saturated rings. The van der Waals surface area contributed by atoms with Crippen molar-refractivity contribution in [2.75, 3.05) is 0 Å². The number of aliphatic hydroxyl groups is 2. The molecule has 4 N–H and O–H groups in total. The van der Waals surface area contributed by atoms with Crippen LogP contribution in [0.5, 0.6) is 0 Å². The van der Waals surface area contributed by atoms with Crippen LogP contribution in [0.25, 0.3) is 0 Å². The number of halogens is 1. The Labute approximate surface area is 269 Å². The predicted octanol–water partition coefficient (Wildman–Crippen LogP) is 3.16.